The zero-order valence-corrected chi connectivity index (χ0v) is 18.5. The number of piperazine rings is 1. The van der Waals surface area contributed by atoms with Gasteiger partial charge in [0.05, 0.1) is 23.1 Å². The third kappa shape index (κ3) is 5.62. The molecule has 10 heteroatoms. The second-order valence-corrected chi connectivity index (χ2v) is 9.24. The lowest BCUT2D eigenvalue weighted by atomic mass is 10.2. The number of sulfonamides is 1. The van der Waals surface area contributed by atoms with Crippen LogP contribution in [0.5, 0.6) is 5.75 Å². The van der Waals surface area contributed by atoms with Crippen LogP contribution >= 0.6 is 0 Å². The molecule has 1 atom stereocenters. The van der Waals surface area contributed by atoms with Gasteiger partial charge in [-0.25, -0.2) is 12.8 Å². The van der Waals surface area contributed by atoms with Gasteiger partial charge in [0.15, 0.2) is 0 Å². The van der Waals surface area contributed by atoms with Gasteiger partial charge in [-0.2, -0.15) is 9.57 Å². The molecular formula is C22H25FN4O4S. The molecule has 32 heavy (non-hydrogen) atoms. The fourth-order valence-electron chi connectivity index (χ4n) is 3.59. The van der Waals surface area contributed by atoms with Gasteiger partial charge in [0.1, 0.15) is 17.6 Å². The number of hydrogen-bond donors (Lipinski definition) is 1. The smallest absolute Gasteiger partial charge is 0.243 e. The largest absolute Gasteiger partial charge is 0.494 e. The second-order valence-electron chi connectivity index (χ2n) is 7.35. The molecule has 0 aliphatic carbocycles. The predicted molar refractivity (Wildman–Crippen MR) is 116 cm³/mol. The molecule has 1 aliphatic rings. The van der Waals surface area contributed by atoms with Gasteiger partial charge in [0.25, 0.3) is 0 Å². The van der Waals surface area contributed by atoms with E-state index in [1.807, 2.05) is 4.90 Å². The fourth-order valence-corrected chi connectivity index (χ4v) is 5.19. The summed E-state index contributed by atoms with van der Waals surface area (Å²) in [5.41, 5.74) is 0.520. The number of halogens is 1. The third-order valence-electron chi connectivity index (χ3n) is 5.22. The summed E-state index contributed by atoms with van der Waals surface area (Å²) < 4.78 is 46.5. The number of ether oxygens (including phenoxy) is 1. The highest BCUT2D eigenvalue weighted by atomic mass is 32.2. The Kier molecular flexibility index (Phi) is 7.80. The average molecular weight is 461 g/mol. The predicted octanol–water partition coefficient (Wildman–Crippen LogP) is 1.59. The van der Waals surface area contributed by atoms with Crippen molar-refractivity contribution in [2.45, 2.75) is 17.4 Å². The number of nitriles is 1. The van der Waals surface area contributed by atoms with Crippen LogP contribution < -0.4 is 10.1 Å². The first-order chi connectivity index (χ1) is 15.3. The van der Waals surface area contributed by atoms with E-state index in [4.69, 9.17) is 10.00 Å². The molecule has 1 amide bonds. The molecule has 0 aromatic heterocycles. The zero-order valence-electron chi connectivity index (χ0n) is 17.7. The van der Waals surface area contributed by atoms with E-state index in [2.05, 4.69) is 11.4 Å². The molecular weight excluding hydrogens is 435 g/mol. The number of rotatable bonds is 8. The number of likely N-dealkylation sites (N-methyl/N-ethyl adjacent to an activating group) is 1. The molecule has 8 nitrogen and oxygen atoms in total. The van der Waals surface area contributed by atoms with Crippen molar-refractivity contribution in [1.29, 1.82) is 5.26 Å². The third-order valence-corrected chi connectivity index (χ3v) is 7.12. The average Bonchev–Trinajstić information content (AvgIpc) is 2.81. The summed E-state index contributed by atoms with van der Waals surface area (Å²) in [6, 6.07) is 12.8. The Morgan fingerprint density at radius 1 is 1.25 bits per heavy atom. The van der Waals surface area contributed by atoms with Crippen LogP contribution in [-0.4, -0.2) is 69.4 Å². The normalized spacial score (nSPS) is 17.5. The quantitative estimate of drug-likeness (QED) is 0.600. The molecule has 3 rings (SSSR count). The molecule has 1 saturated heterocycles. The van der Waals surface area contributed by atoms with E-state index < -0.39 is 27.8 Å². The van der Waals surface area contributed by atoms with Gasteiger partial charge in [0.2, 0.25) is 15.9 Å². The van der Waals surface area contributed by atoms with E-state index in [0.717, 1.165) is 10.4 Å². The highest BCUT2D eigenvalue weighted by Crippen LogP contribution is 2.22. The van der Waals surface area contributed by atoms with Crippen molar-refractivity contribution >= 4 is 15.9 Å². The van der Waals surface area contributed by atoms with Gasteiger partial charge in [-0.1, -0.05) is 12.1 Å². The van der Waals surface area contributed by atoms with Crippen LogP contribution in [0.3, 0.4) is 0 Å². The van der Waals surface area contributed by atoms with Crippen molar-refractivity contribution in [1.82, 2.24) is 14.5 Å². The van der Waals surface area contributed by atoms with Crippen molar-refractivity contribution in [3.05, 3.63) is 59.9 Å². The Morgan fingerprint density at radius 2 is 2.03 bits per heavy atom. The van der Waals surface area contributed by atoms with E-state index in [0.29, 0.717) is 37.4 Å². The van der Waals surface area contributed by atoms with Crippen molar-refractivity contribution in [3.8, 4) is 11.8 Å². The fraction of sp³-hybridized carbons (Fsp3) is 0.364. The SMILES string of the molecule is CNC(=O)C1CN(CCCOc2cccc(C#N)c2)CCN1S(=O)(=O)c1cccc(F)c1. The molecule has 1 heterocycles. The molecule has 0 radical (unpaired) electrons. The summed E-state index contributed by atoms with van der Waals surface area (Å²) in [6.07, 6.45) is 0.661. The van der Waals surface area contributed by atoms with Crippen LogP contribution in [0.1, 0.15) is 12.0 Å². The first-order valence-corrected chi connectivity index (χ1v) is 11.6. The van der Waals surface area contributed by atoms with E-state index >= 15 is 0 Å². The van der Waals surface area contributed by atoms with Crippen LogP contribution in [0.2, 0.25) is 0 Å². The van der Waals surface area contributed by atoms with E-state index in [1.165, 1.54) is 25.2 Å². The minimum absolute atomic E-state index is 0.113. The summed E-state index contributed by atoms with van der Waals surface area (Å²) in [7, 11) is -2.57. The van der Waals surface area contributed by atoms with Crippen molar-refractivity contribution in [2.24, 2.45) is 0 Å². The van der Waals surface area contributed by atoms with E-state index in [1.54, 1.807) is 24.3 Å². The first-order valence-electron chi connectivity index (χ1n) is 10.2. The molecule has 0 saturated carbocycles. The van der Waals surface area contributed by atoms with Gasteiger partial charge in [0, 0.05) is 33.2 Å². The number of nitrogens with zero attached hydrogens (tertiary/aromatic N) is 3. The monoisotopic (exact) mass is 460 g/mol. The Bertz CT molecular complexity index is 1100. The van der Waals surface area contributed by atoms with Crippen LogP contribution in [0.25, 0.3) is 0 Å². The number of carbonyl (C=O) groups is 1. The van der Waals surface area contributed by atoms with Gasteiger partial charge >= 0.3 is 0 Å². The summed E-state index contributed by atoms with van der Waals surface area (Å²) in [5, 5.41) is 11.5. The molecule has 0 bridgehead atoms. The molecule has 1 fully saturated rings. The summed E-state index contributed by atoms with van der Waals surface area (Å²) >= 11 is 0. The van der Waals surface area contributed by atoms with Crippen LogP contribution in [0.15, 0.2) is 53.4 Å². The highest BCUT2D eigenvalue weighted by molar-refractivity contribution is 7.89. The first kappa shape index (κ1) is 23.7. The molecule has 2 aromatic rings. The van der Waals surface area contributed by atoms with E-state index in [9.17, 15) is 17.6 Å². The van der Waals surface area contributed by atoms with Gasteiger partial charge in [-0.05, 0) is 42.8 Å². The van der Waals surface area contributed by atoms with Gasteiger partial charge in [-0.15, -0.1) is 0 Å². The topological polar surface area (TPSA) is 103 Å². The molecule has 1 unspecified atom stereocenters. The standard InChI is InChI=1S/C22H25FN4O4S/c1-25-22(28)21-16-26(9-4-12-31-19-7-2-5-17(13-19)15-24)10-11-27(21)32(29,30)20-8-3-6-18(23)14-20/h2-3,5-8,13-14,21H,4,9-12,16H2,1H3,(H,25,28). The summed E-state index contributed by atoms with van der Waals surface area (Å²) in [5.74, 6) is -0.459. The second kappa shape index (κ2) is 10.5. The Balaban J connectivity index is 1.61. The lowest BCUT2D eigenvalue weighted by Gasteiger charge is -2.39. The molecule has 1 N–H and O–H groups in total. The Morgan fingerprint density at radius 3 is 2.75 bits per heavy atom. The van der Waals surface area contributed by atoms with Crippen LogP contribution in [0.4, 0.5) is 4.39 Å². The molecule has 0 spiro atoms. The lowest BCUT2D eigenvalue weighted by Crippen LogP contribution is -2.60. The van der Waals surface area contributed by atoms with Crippen molar-refractivity contribution in [3.63, 3.8) is 0 Å². The Hall–Kier alpha value is -3.00. The van der Waals surface area contributed by atoms with Crippen LogP contribution in [0, 0.1) is 17.1 Å². The van der Waals surface area contributed by atoms with Gasteiger partial charge < -0.3 is 10.1 Å². The zero-order chi connectivity index (χ0) is 23.1. The molecule has 1 aliphatic heterocycles. The number of hydrogen-bond acceptors (Lipinski definition) is 6. The summed E-state index contributed by atoms with van der Waals surface area (Å²) in [4.78, 5) is 14.3. The minimum Gasteiger partial charge on any atom is -0.494 e. The molecule has 170 valence electrons. The van der Waals surface area contributed by atoms with Crippen molar-refractivity contribution in [2.75, 3.05) is 39.8 Å². The maximum absolute atomic E-state index is 13.6. The summed E-state index contributed by atoms with van der Waals surface area (Å²) in [6.45, 7) is 1.80. The molecule has 2 aromatic carbocycles. The maximum Gasteiger partial charge on any atom is 0.243 e. The number of carbonyl (C=O) groups excluding carboxylic acids is 1. The number of amides is 1. The van der Waals surface area contributed by atoms with Crippen molar-refractivity contribution < 1.29 is 22.3 Å². The number of nitrogens with one attached hydrogen (secondary N) is 1. The van der Waals surface area contributed by atoms with Gasteiger partial charge in [-0.3, -0.25) is 9.69 Å². The number of benzene rings is 2. The Labute approximate surface area is 187 Å². The van der Waals surface area contributed by atoms with E-state index in [-0.39, 0.29) is 18.0 Å². The maximum atomic E-state index is 13.6. The van der Waals surface area contributed by atoms with Crippen LogP contribution in [-0.2, 0) is 14.8 Å². The highest BCUT2D eigenvalue weighted by Gasteiger charge is 2.39. The minimum atomic E-state index is -4.03. The lowest BCUT2D eigenvalue weighted by molar-refractivity contribution is -0.126.